The van der Waals surface area contributed by atoms with Crippen molar-refractivity contribution < 1.29 is 19.6 Å². The van der Waals surface area contributed by atoms with Gasteiger partial charge in [-0.2, -0.15) is 0 Å². The van der Waals surface area contributed by atoms with Crippen LogP contribution < -0.4 is 5.32 Å². The van der Waals surface area contributed by atoms with Gasteiger partial charge in [-0.1, -0.05) is 15.9 Å². The molecule has 138 valence electrons. The van der Waals surface area contributed by atoms with Crippen molar-refractivity contribution in [2.24, 2.45) is 0 Å². The quantitative estimate of drug-likeness (QED) is 0.577. The number of anilines is 1. The first-order valence-corrected chi connectivity index (χ1v) is 8.71. The van der Waals surface area contributed by atoms with Crippen LogP contribution in [0.5, 0.6) is 0 Å². The number of ether oxygens (including phenoxy) is 1. The number of likely N-dealkylation sites (tertiary alicyclic amines) is 1. The molecule has 2 rings (SSSR count). The normalized spacial score (nSPS) is 20.4. The molecule has 2 N–H and O–H groups in total. The number of carbonyl (C=O) groups excluding carboxylic acids is 1. The second kappa shape index (κ2) is 7.57. The van der Waals surface area contributed by atoms with E-state index in [4.69, 9.17) is 4.74 Å². The van der Waals surface area contributed by atoms with Gasteiger partial charge in [-0.15, -0.1) is 0 Å². The van der Waals surface area contributed by atoms with Crippen LogP contribution in [0.1, 0.15) is 27.2 Å². The summed E-state index contributed by atoms with van der Waals surface area (Å²) >= 11 is 3.22. The fourth-order valence-corrected chi connectivity index (χ4v) is 3.09. The molecule has 0 saturated carbocycles. The van der Waals surface area contributed by atoms with Crippen LogP contribution in [-0.4, -0.2) is 51.9 Å². The molecule has 9 heteroatoms. The lowest BCUT2D eigenvalue weighted by Crippen LogP contribution is -2.41. The number of nitro groups is 1. The number of hydrogen-bond acceptors (Lipinski definition) is 6. The summed E-state index contributed by atoms with van der Waals surface area (Å²) in [6.45, 7) is 5.43. The van der Waals surface area contributed by atoms with Gasteiger partial charge >= 0.3 is 6.09 Å². The Bertz CT molecular complexity index is 662. The fourth-order valence-electron chi connectivity index (χ4n) is 2.74. The van der Waals surface area contributed by atoms with Crippen LogP contribution in [0, 0.1) is 10.1 Å². The molecule has 1 aromatic carbocycles. The highest BCUT2D eigenvalue weighted by molar-refractivity contribution is 9.10. The molecule has 1 aromatic rings. The van der Waals surface area contributed by atoms with Crippen LogP contribution in [0.25, 0.3) is 0 Å². The lowest BCUT2D eigenvalue weighted by Gasteiger charge is -2.27. The van der Waals surface area contributed by atoms with Gasteiger partial charge in [0.25, 0.3) is 5.69 Å². The van der Waals surface area contributed by atoms with Crippen molar-refractivity contribution in [3.05, 3.63) is 32.8 Å². The minimum Gasteiger partial charge on any atom is -0.444 e. The van der Waals surface area contributed by atoms with Crippen LogP contribution in [0.3, 0.4) is 0 Å². The van der Waals surface area contributed by atoms with Gasteiger partial charge in [-0.25, -0.2) is 4.79 Å². The Hall–Kier alpha value is -1.87. The molecule has 2 atom stereocenters. The summed E-state index contributed by atoms with van der Waals surface area (Å²) in [7, 11) is 0. The Balaban J connectivity index is 2.13. The molecule has 0 aromatic heterocycles. The summed E-state index contributed by atoms with van der Waals surface area (Å²) in [6.07, 6.45) is -0.0238. The number of benzene rings is 1. The first-order valence-electron chi connectivity index (χ1n) is 7.91. The Morgan fingerprint density at radius 1 is 1.52 bits per heavy atom. The fraction of sp³-hybridized carbons (Fsp3) is 0.562. The Kier molecular flexibility index (Phi) is 5.89. The van der Waals surface area contributed by atoms with Crippen molar-refractivity contribution in [1.29, 1.82) is 0 Å². The molecule has 1 amide bonds. The van der Waals surface area contributed by atoms with E-state index in [0.29, 0.717) is 23.1 Å². The van der Waals surface area contributed by atoms with E-state index in [2.05, 4.69) is 21.2 Å². The lowest BCUT2D eigenvalue weighted by molar-refractivity contribution is -0.384. The number of aliphatic hydroxyl groups is 1. The summed E-state index contributed by atoms with van der Waals surface area (Å²) in [5.41, 5.74) is -0.306. The van der Waals surface area contributed by atoms with Gasteiger partial charge in [0, 0.05) is 23.1 Å². The molecule has 8 nitrogen and oxygen atoms in total. The molecule has 1 fully saturated rings. The first-order chi connectivity index (χ1) is 11.6. The molecule has 1 heterocycles. The third-order valence-electron chi connectivity index (χ3n) is 3.77. The zero-order valence-corrected chi connectivity index (χ0v) is 15.9. The molecule has 0 radical (unpaired) electrons. The van der Waals surface area contributed by atoms with Crippen LogP contribution in [-0.2, 0) is 4.74 Å². The number of carbonyl (C=O) groups is 1. The molecule has 0 unspecified atom stereocenters. The molecule has 1 aliphatic heterocycles. The highest BCUT2D eigenvalue weighted by atomic mass is 79.9. The van der Waals surface area contributed by atoms with E-state index in [1.807, 2.05) is 0 Å². The number of nitrogens with zero attached hydrogens (tertiary/aromatic N) is 2. The summed E-state index contributed by atoms with van der Waals surface area (Å²) in [5, 5.41) is 23.9. The molecule has 25 heavy (non-hydrogen) atoms. The van der Waals surface area contributed by atoms with Crippen molar-refractivity contribution in [3.8, 4) is 0 Å². The van der Waals surface area contributed by atoms with Crippen LogP contribution in [0.2, 0.25) is 0 Å². The molecular weight excluding hydrogens is 394 g/mol. The largest absolute Gasteiger partial charge is 0.444 e. The van der Waals surface area contributed by atoms with Gasteiger partial charge in [-0.3, -0.25) is 10.1 Å². The average Bonchev–Trinajstić information content (AvgIpc) is 2.90. The van der Waals surface area contributed by atoms with Crippen LogP contribution in [0.4, 0.5) is 16.2 Å². The van der Waals surface area contributed by atoms with E-state index in [9.17, 15) is 20.0 Å². The van der Waals surface area contributed by atoms with Crippen LogP contribution in [0.15, 0.2) is 22.7 Å². The zero-order chi connectivity index (χ0) is 18.8. The number of hydrogen-bond donors (Lipinski definition) is 2. The summed E-state index contributed by atoms with van der Waals surface area (Å²) in [4.78, 5) is 24.5. The standard InChI is InChI=1S/C16H22BrN3O5/c1-16(2,3)25-15(22)19-8-11(7-12(19)9-21)18-13-5-4-10(17)6-14(13)20(23)24/h4-6,11-12,18,21H,7-9H2,1-3H3/t11-,12-/m0/s1. The van der Waals surface area contributed by atoms with Gasteiger partial charge in [0.2, 0.25) is 0 Å². The van der Waals surface area contributed by atoms with Crippen molar-refractivity contribution in [1.82, 2.24) is 4.90 Å². The van der Waals surface area contributed by atoms with Gasteiger partial charge in [-0.05, 0) is 39.3 Å². The SMILES string of the molecule is CC(C)(C)OC(=O)N1C[C@@H](Nc2ccc(Br)cc2[N+](=O)[O-])C[C@H]1CO. The summed E-state index contributed by atoms with van der Waals surface area (Å²) in [5.74, 6) is 0. The maximum atomic E-state index is 12.3. The summed E-state index contributed by atoms with van der Waals surface area (Å²) in [6, 6.07) is 4.14. The molecule has 0 spiro atoms. The number of rotatable bonds is 4. The van der Waals surface area contributed by atoms with Gasteiger partial charge in [0.1, 0.15) is 11.3 Å². The Morgan fingerprint density at radius 3 is 2.76 bits per heavy atom. The third-order valence-corrected chi connectivity index (χ3v) is 4.26. The van der Waals surface area contributed by atoms with E-state index >= 15 is 0 Å². The molecule has 0 aliphatic carbocycles. The predicted octanol–water partition coefficient (Wildman–Crippen LogP) is 3.14. The van der Waals surface area contributed by atoms with E-state index in [1.165, 1.54) is 11.0 Å². The topological polar surface area (TPSA) is 105 Å². The Morgan fingerprint density at radius 2 is 2.20 bits per heavy atom. The van der Waals surface area contributed by atoms with Gasteiger partial charge in [0.15, 0.2) is 0 Å². The second-order valence-corrected chi connectivity index (χ2v) is 7.88. The van der Waals surface area contributed by atoms with Crippen molar-refractivity contribution in [2.75, 3.05) is 18.5 Å². The highest BCUT2D eigenvalue weighted by Gasteiger charge is 2.37. The predicted molar refractivity (Wildman–Crippen MR) is 96.6 cm³/mol. The smallest absolute Gasteiger partial charge is 0.410 e. The van der Waals surface area contributed by atoms with Crippen molar-refractivity contribution >= 4 is 33.4 Å². The van der Waals surface area contributed by atoms with Gasteiger partial charge in [0.05, 0.1) is 17.6 Å². The number of nitrogens with one attached hydrogen (secondary N) is 1. The van der Waals surface area contributed by atoms with Gasteiger partial charge < -0.3 is 20.1 Å². The zero-order valence-electron chi connectivity index (χ0n) is 14.4. The van der Waals surface area contributed by atoms with E-state index in [1.54, 1.807) is 32.9 Å². The maximum absolute atomic E-state index is 12.3. The number of nitro benzene ring substituents is 1. The minimum atomic E-state index is -0.632. The van der Waals surface area contributed by atoms with Crippen LogP contribution >= 0.6 is 15.9 Å². The van der Waals surface area contributed by atoms with E-state index < -0.39 is 16.6 Å². The monoisotopic (exact) mass is 415 g/mol. The highest BCUT2D eigenvalue weighted by Crippen LogP contribution is 2.31. The first kappa shape index (κ1) is 19.5. The molecular formula is C16H22BrN3O5. The van der Waals surface area contributed by atoms with E-state index in [-0.39, 0.29) is 24.4 Å². The number of amides is 1. The molecule has 0 bridgehead atoms. The van der Waals surface area contributed by atoms with Crippen molar-refractivity contribution in [3.63, 3.8) is 0 Å². The number of halogens is 1. The lowest BCUT2D eigenvalue weighted by atomic mass is 10.1. The maximum Gasteiger partial charge on any atom is 0.410 e. The number of aliphatic hydroxyl groups excluding tert-OH is 1. The Labute approximate surface area is 154 Å². The van der Waals surface area contributed by atoms with Crippen molar-refractivity contribution in [2.45, 2.75) is 44.9 Å². The second-order valence-electron chi connectivity index (χ2n) is 6.96. The molecule has 1 saturated heterocycles. The summed E-state index contributed by atoms with van der Waals surface area (Å²) < 4.78 is 5.97. The third kappa shape index (κ3) is 5.05. The van der Waals surface area contributed by atoms with E-state index in [0.717, 1.165) is 0 Å². The minimum absolute atomic E-state index is 0.0503. The average molecular weight is 416 g/mol. The molecule has 1 aliphatic rings.